The van der Waals surface area contributed by atoms with Crippen LogP contribution < -0.4 is 9.64 Å². The molecular weight excluding hydrogens is 446 g/mol. The number of aromatic nitrogens is 3. The van der Waals surface area contributed by atoms with E-state index in [0.29, 0.717) is 24.1 Å². The first-order chi connectivity index (χ1) is 16.4. The van der Waals surface area contributed by atoms with Gasteiger partial charge in [-0.2, -0.15) is 5.26 Å². The van der Waals surface area contributed by atoms with Crippen molar-refractivity contribution in [2.45, 2.75) is 45.5 Å². The van der Waals surface area contributed by atoms with Crippen molar-refractivity contribution < 1.29 is 9.53 Å². The molecule has 1 amide bonds. The standard InChI is InChI=1S/C26H29N5O2S/c1-5-11-31-24(17-33-23-9-6-8-19(2)16-23)28-29-26(31)34-18-25(32)30(12-7-10-27)22-14-20(3)13-21(4)15-22/h5-6,8-9,13-16H,1,7,11-12,17-18H2,2-4H3. The molecule has 0 bridgehead atoms. The number of benzene rings is 2. The zero-order chi connectivity index (χ0) is 24.5. The second-order valence-corrected chi connectivity index (χ2v) is 8.93. The topological polar surface area (TPSA) is 84.0 Å². The molecular formula is C26H29N5O2S. The number of carbonyl (C=O) groups is 1. The van der Waals surface area contributed by atoms with Crippen LogP contribution in [-0.4, -0.2) is 33.0 Å². The van der Waals surface area contributed by atoms with Gasteiger partial charge in [-0.05, 0) is 61.7 Å². The van der Waals surface area contributed by atoms with E-state index in [0.717, 1.165) is 28.1 Å². The minimum absolute atomic E-state index is 0.0871. The van der Waals surface area contributed by atoms with Crippen molar-refractivity contribution in [3.8, 4) is 11.8 Å². The van der Waals surface area contributed by atoms with E-state index < -0.39 is 0 Å². The van der Waals surface area contributed by atoms with E-state index in [2.05, 4.69) is 28.9 Å². The Kier molecular flexibility index (Phi) is 8.88. The molecule has 0 aliphatic heterocycles. The maximum absolute atomic E-state index is 13.2. The number of ether oxygens (including phenoxy) is 1. The second kappa shape index (κ2) is 12.1. The van der Waals surface area contributed by atoms with Crippen molar-refractivity contribution in [2.24, 2.45) is 0 Å². The highest BCUT2D eigenvalue weighted by Gasteiger charge is 2.19. The van der Waals surface area contributed by atoms with Crippen molar-refractivity contribution in [3.63, 3.8) is 0 Å². The van der Waals surface area contributed by atoms with E-state index in [4.69, 9.17) is 10.00 Å². The molecule has 0 fully saturated rings. The van der Waals surface area contributed by atoms with Crippen LogP contribution in [0.25, 0.3) is 0 Å². The molecule has 0 atom stereocenters. The molecule has 0 aliphatic carbocycles. The average Bonchev–Trinajstić information content (AvgIpc) is 3.17. The number of allylic oxidation sites excluding steroid dienone is 1. The van der Waals surface area contributed by atoms with Gasteiger partial charge in [0.1, 0.15) is 12.4 Å². The van der Waals surface area contributed by atoms with Crippen LogP contribution in [0.2, 0.25) is 0 Å². The fourth-order valence-electron chi connectivity index (χ4n) is 3.57. The fraction of sp³-hybridized carbons (Fsp3) is 0.308. The first-order valence-corrected chi connectivity index (χ1v) is 12.0. The van der Waals surface area contributed by atoms with Crippen molar-refractivity contribution >= 4 is 23.4 Å². The van der Waals surface area contributed by atoms with Gasteiger partial charge in [-0.1, -0.05) is 36.0 Å². The van der Waals surface area contributed by atoms with Crippen LogP contribution in [0.3, 0.4) is 0 Å². The molecule has 1 aromatic heterocycles. The number of hydrogen-bond acceptors (Lipinski definition) is 6. The van der Waals surface area contributed by atoms with Gasteiger partial charge in [-0.3, -0.25) is 9.36 Å². The van der Waals surface area contributed by atoms with E-state index in [1.165, 1.54) is 11.8 Å². The van der Waals surface area contributed by atoms with Gasteiger partial charge in [0.05, 0.1) is 18.2 Å². The number of rotatable bonds is 11. The lowest BCUT2D eigenvalue weighted by Crippen LogP contribution is -2.33. The molecule has 0 radical (unpaired) electrons. The maximum atomic E-state index is 13.2. The summed E-state index contributed by atoms with van der Waals surface area (Å²) in [5.74, 6) is 1.51. The summed E-state index contributed by atoms with van der Waals surface area (Å²) in [7, 11) is 0. The monoisotopic (exact) mass is 475 g/mol. The van der Waals surface area contributed by atoms with Gasteiger partial charge < -0.3 is 9.64 Å². The Hall–Kier alpha value is -3.57. The Labute approximate surface area is 205 Å². The number of carbonyl (C=O) groups excluding carboxylic acids is 1. The van der Waals surface area contributed by atoms with E-state index in [9.17, 15) is 4.79 Å². The molecule has 7 nitrogen and oxygen atoms in total. The normalized spacial score (nSPS) is 10.5. The lowest BCUT2D eigenvalue weighted by atomic mass is 10.1. The van der Waals surface area contributed by atoms with Crippen LogP contribution in [0.15, 0.2) is 60.3 Å². The fourth-order valence-corrected chi connectivity index (χ4v) is 4.41. The van der Waals surface area contributed by atoms with Gasteiger partial charge in [0.15, 0.2) is 11.0 Å². The highest BCUT2D eigenvalue weighted by molar-refractivity contribution is 7.99. The number of amides is 1. The number of nitrogens with zero attached hydrogens (tertiary/aromatic N) is 5. The zero-order valence-electron chi connectivity index (χ0n) is 19.8. The predicted molar refractivity (Wildman–Crippen MR) is 135 cm³/mol. The van der Waals surface area contributed by atoms with Crippen molar-refractivity contribution in [2.75, 3.05) is 17.2 Å². The minimum Gasteiger partial charge on any atom is -0.486 e. The third-order valence-electron chi connectivity index (χ3n) is 5.05. The molecule has 3 aromatic rings. The summed E-state index contributed by atoms with van der Waals surface area (Å²) < 4.78 is 7.79. The summed E-state index contributed by atoms with van der Waals surface area (Å²) in [5, 5.41) is 18.3. The number of hydrogen-bond donors (Lipinski definition) is 0. The minimum atomic E-state index is -0.0871. The van der Waals surface area contributed by atoms with Crippen molar-refractivity contribution in [3.05, 3.63) is 77.6 Å². The summed E-state index contributed by atoms with van der Waals surface area (Å²) in [5.41, 5.74) is 4.06. The van der Waals surface area contributed by atoms with Gasteiger partial charge >= 0.3 is 0 Å². The van der Waals surface area contributed by atoms with Crippen LogP contribution in [0, 0.1) is 32.1 Å². The van der Waals surface area contributed by atoms with Crippen LogP contribution in [0.1, 0.15) is 28.9 Å². The molecule has 0 aliphatic rings. The number of anilines is 1. The molecule has 0 saturated carbocycles. The summed E-state index contributed by atoms with van der Waals surface area (Å²) in [4.78, 5) is 14.8. The molecule has 0 saturated heterocycles. The first kappa shape index (κ1) is 25.1. The van der Waals surface area contributed by atoms with Crippen LogP contribution in [-0.2, 0) is 17.9 Å². The van der Waals surface area contributed by atoms with E-state index in [-0.39, 0.29) is 24.7 Å². The third kappa shape index (κ3) is 6.72. The quantitative estimate of drug-likeness (QED) is 0.286. The molecule has 176 valence electrons. The van der Waals surface area contributed by atoms with E-state index >= 15 is 0 Å². The number of nitriles is 1. The Morgan fingerprint density at radius 3 is 2.62 bits per heavy atom. The zero-order valence-corrected chi connectivity index (χ0v) is 20.6. The molecule has 0 N–H and O–H groups in total. The first-order valence-electron chi connectivity index (χ1n) is 11.0. The van der Waals surface area contributed by atoms with Gasteiger partial charge in [0.2, 0.25) is 5.91 Å². The van der Waals surface area contributed by atoms with Gasteiger partial charge in [-0.25, -0.2) is 0 Å². The molecule has 0 unspecified atom stereocenters. The molecule has 1 heterocycles. The van der Waals surface area contributed by atoms with Crippen LogP contribution in [0.5, 0.6) is 5.75 Å². The molecule has 8 heteroatoms. The lowest BCUT2D eigenvalue weighted by Gasteiger charge is -2.22. The largest absolute Gasteiger partial charge is 0.486 e. The average molecular weight is 476 g/mol. The summed E-state index contributed by atoms with van der Waals surface area (Å²) >= 11 is 1.32. The smallest absolute Gasteiger partial charge is 0.237 e. The number of thioether (sulfide) groups is 1. The molecule has 2 aromatic carbocycles. The highest BCUT2D eigenvalue weighted by Crippen LogP contribution is 2.23. The molecule has 0 spiro atoms. The van der Waals surface area contributed by atoms with Crippen LogP contribution in [0.4, 0.5) is 5.69 Å². The van der Waals surface area contributed by atoms with Gasteiger partial charge in [0.25, 0.3) is 0 Å². The summed E-state index contributed by atoms with van der Waals surface area (Å²) in [6, 6.07) is 15.9. The Bertz CT molecular complexity index is 1180. The summed E-state index contributed by atoms with van der Waals surface area (Å²) in [6.07, 6.45) is 2.02. The SMILES string of the molecule is C=CCn1c(COc2cccc(C)c2)nnc1SCC(=O)N(CCC#N)c1cc(C)cc(C)c1. The Balaban J connectivity index is 1.72. The number of aryl methyl sites for hydroxylation is 3. The molecule has 34 heavy (non-hydrogen) atoms. The molecule has 3 rings (SSSR count). The van der Waals surface area contributed by atoms with Crippen LogP contribution >= 0.6 is 11.8 Å². The Morgan fingerprint density at radius 1 is 1.18 bits per heavy atom. The maximum Gasteiger partial charge on any atom is 0.237 e. The Morgan fingerprint density at radius 2 is 1.94 bits per heavy atom. The lowest BCUT2D eigenvalue weighted by molar-refractivity contribution is -0.116. The van der Waals surface area contributed by atoms with Crippen molar-refractivity contribution in [1.29, 1.82) is 5.26 Å². The van der Waals surface area contributed by atoms with E-state index in [1.807, 2.05) is 61.7 Å². The van der Waals surface area contributed by atoms with Crippen molar-refractivity contribution in [1.82, 2.24) is 14.8 Å². The van der Waals surface area contributed by atoms with E-state index in [1.54, 1.807) is 11.0 Å². The second-order valence-electron chi connectivity index (χ2n) is 7.99. The third-order valence-corrected chi connectivity index (χ3v) is 6.01. The van der Waals surface area contributed by atoms with Gasteiger partial charge in [-0.15, -0.1) is 16.8 Å². The highest BCUT2D eigenvalue weighted by atomic mass is 32.2. The van der Waals surface area contributed by atoms with Gasteiger partial charge in [0, 0.05) is 18.8 Å². The predicted octanol–water partition coefficient (Wildman–Crippen LogP) is 5.01. The summed E-state index contributed by atoms with van der Waals surface area (Å²) in [6.45, 7) is 10.9.